The molecule has 0 radical (unpaired) electrons. The van der Waals surface area contributed by atoms with Gasteiger partial charge in [-0.1, -0.05) is 17.7 Å². The summed E-state index contributed by atoms with van der Waals surface area (Å²) >= 11 is 0. The van der Waals surface area contributed by atoms with Crippen LogP contribution in [0.2, 0.25) is 0 Å². The fourth-order valence-electron chi connectivity index (χ4n) is 1.68. The van der Waals surface area contributed by atoms with Gasteiger partial charge in [0.05, 0.1) is 6.20 Å². The van der Waals surface area contributed by atoms with Crippen molar-refractivity contribution in [2.24, 2.45) is 5.73 Å². The van der Waals surface area contributed by atoms with Crippen LogP contribution in [-0.4, -0.2) is 17.2 Å². The Hall–Kier alpha value is -1.94. The largest absolute Gasteiger partial charge is 0.328 e. The Morgan fingerprint density at radius 3 is 2.53 bits per heavy atom. The van der Waals surface area contributed by atoms with E-state index < -0.39 is 0 Å². The van der Waals surface area contributed by atoms with Crippen molar-refractivity contribution in [1.82, 2.24) is 10.2 Å². The Labute approximate surface area is 101 Å². The first-order chi connectivity index (χ1) is 8.22. The molecule has 2 aromatic rings. The molecule has 1 aromatic carbocycles. The van der Waals surface area contributed by atoms with Gasteiger partial charge >= 0.3 is 0 Å². The van der Waals surface area contributed by atoms with E-state index in [0.717, 1.165) is 17.1 Å². The summed E-state index contributed by atoms with van der Waals surface area (Å²) in [6, 6.07) is 10.2. The molecule has 0 amide bonds. The summed E-state index contributed by atoms with van der Waals surface area (Å²) in [5.74, 6) is 0.804. The van der Waals surface area contributed by atoms with Gasteiger partial charge in [0.25, 0.3) is 0 Å². The van der Waals surface area contributed by atoms with Crippen LogP contribution in [-0.2, 0) is 6.54 Å². The molecule has 0 saturated carbocycles. The highest BCUT2D eigenvalue weighted by molar-refractivity contribution is 5.61. The van der Waals surface area contributed by atoms with E-state index in [2.05, 4.69) is 41.4 Å². The average molecular weight is 228 g/mol. The normalized spacial score (nSPS) is 10.3. The molecule has 1 heterocycles. The number of aromatic nitrogens is 2. The summed E-state index contributed by atoms with van der Waals surface area (Å²) in [4.78, 5) is 1.99. The van der Waals surface area contributed by atoms with E-state index in [4.69, 9.17) is 5.73 Å². The van der Waals surface area contributed by atoms with Crippen LogP contribution in [0.25, 0.3) is 0 Å². The van der Waals surface area contributed by atoms with Crippen molar-refractivity contribution in [3.8, 4) is 0 Å². The second kappa shape index (κ2) is 4.93. The van der Waals surface area contributed by atoms with Crippen LogP contribution in [0.4, 0.5) is 11.5 Å². The second-order valence-electron chi connectivity index (χ2n) is 3.98. The maximum Gasteiger partial charge on any atom is 0.159 e. The molecule has 0 spiro atoms. The van der Waals surface area contributed by atoms with Crippen LogP contribution in [0.5, 0.6) is 0 Å². The standard InChI is InChI=1S/C13H16N4/c1-10-3-5-12(6-4-10)17(2)13-11(9-14)7-8-15-16-13/h3-8H,9,14H2,1-2H3. The topological polar surface area (TPSA) is 55.0 Å². The van der Waals surface area contributed by atoms with Crippen LogP contribution in [0.3, 0.4) is 0 Å². The third-order valence-electron chi connectivity index (χ3n) is 2.74. The van der Waals surface area contributed by atoms with E-state index in [-0.39, 0.29) is 0 Å². The van der Waals surface area contributed by atoms with Gasteiger partial charge < -0.3 is 10.6 Å². The Bertz CT molecular complexity index is 493. The maximum atomic E-state index is 5.70. The molecular formula is C13H16N4. The SMILES string of the molecule is Cc1ccc(N(C)c2nnccc2CN)cc1. The molecule has 2 N–H and O–H groups in total. The van der Waals surface area contributed by atoms with Crippen LogP contribution < -0.4 is 10.6 Å². The van der Waals surface area contributed by atoms with Crippen molar-refractivity contribution in [2.75, 3.05) is 11.9 Å². The highest BCUT2D eigenvalue weighted by atomic mass is 15.2. The Morgan fingerprint density at radius 1 is 1.18 bits per heavy atom. The van der Waals surface area contributed by atoms with Crippen molar-refractivity contribution in [2.45, 2.75) is 13.5 Å². The zero-order chi connectivity index (χ0) is 12.3. The summed E-state index contributed by atoms with van der Waals surface area (Å²) in [5, 5.41) is 8.05. The van der Waals surface area contributed by atoms with Gasteiger partial charge in [-0.15, -0.1) is 5.10 Å². The van der Waals surface area contributed by atoms with Crippen molar-refractivity contribution in [3.63, 3.8) is 0 Å². The fraction of sp³-hybridized carbons (Fsp3) is 0.231. The molecule has 2 rings (SSSR count). The Kier molecular flexibility index (Phi) is 3.35. The highest BCUT2D eigenvalue weighted by Crippen LogP contribution is 2.24. The lowest BCUT2D eigenvalue weighted by Gasteiger charge is -2.20. The maximum absolute atomic E-state index is 5.70. The van der Waals surface area contributed by atoms with Crippen LogP contribution in [0, 0.1) is 6.92 Å². The van der Waals surface area contributed by atoms with Crippen LogP contribution in [0.15, 0.2) is 36.5 Å². The summed E-state index contributed by atoms with van der Waals surface area (Å²) in [5.41, 5.74) is 9.00. The lowest BCUT2D eigenvalue weighted by Crippen LogP contribution is -2.15. The zero-order valence-corrected chi connectivity index (χ0v) is 10.1. The Morgan fingerprint density at radius 2 is 1.88 bits per heavy atom. The summed E-state index contributed by atoms with van der Waals surface area (Å²) in [7, 11) is 1.97. The van der Waals surface area contributed by atoms with E-state index in [1.807, 2.05) is 18.0 Å². The molecule has 0 aliphatic heterocycles. The zero-order valence-electron chi connectivity index (χ0n) is 10.1. The predicted molar refractivity (Wildman–Crippen MR) is 69.2 cm³/mol. The molecule has 0 saturated heterocycles. The van der Waals surface area contributed by atoms with Gasteiger partial charge in [-0.2, -0.15) is 5.10 Å². The molecule has 0 aliphatic carbocycles. The first kappa shape index (κ1) is 11.5. The number of aryl methyl sites for hydroxylation is 1. The van der Waals surface area contributed by atoms with Gasteiger partial charge in [0.15, 0.2) is 5.82 Å². The molecule has 88 valence electrons. The van der Waals surface area contributed by atoms with E-state index in [1.165, 1.54) is 5.56 Å². The van der Waals surface area contributed by atoms with Crippen LogP contribution >= 0.6 is 0 Å². The molecule has 17 heavy (non-hydrogen) atoms. The number of nitrogens with two attached hydrogens (primary N) is 1. The minimum atomic E-state index is 0.459. The van der Waals surface area contributed by atoms with Gasteiger partial charge in [0.2, 0.25) is 0 Å². The minimum absolute atomic E-state index is 0.459. The first-order valence-corrected chi connectivity index (χ1v) is 5.53. The highest BCUT2D eigenvalue weighted by Gasteiger charge is 2.09. The smallest absolute Gasteiger partial charge is 0.159 e. The summed E-state index contributed by atoms with van der Waals surface area (Å²) in [6.07, 6.45) is 1.66. The lowest BCUT2D eigenvalue weighted by atomic mass is 10.2. The van der Waals surface area contributed by atoms with Crippen molar-refractivity contribution < 1.29 is 0 Å². The van der Waals surface area contributed by atoms with Gasteiger partial charge in [0.1, 0.15) is 0 Å². The number of anilines is 2. The monoisotopic (exact) mass is 228 g/mol. The third kappa shape index (κ3) is 2.42. The molecule has 4 nitrogen and oxygen atoms in total. The quantitative estimate of drug-likeness (QED) is 0.873. The predicted octanol–water partition coefficient (Wildman–Crippen LogP) is 2.01. The summed E-state index contributed by atoms with van der Waals surface area (Å²) in [6.45, 7) is 2.53. The van der Waals surface area contributed by atoms with Gasteiger partial charge in [0, 0.05) is 24.8 Å². The third-order valence-corrected chi connectivity index (χ3v) is 2.74. The number of benzene rings is 1. The number of nitrogens with zero attached hydrogens (tertiary/aromatic N) is 3. The minimum Gasteiger partial charge on any atom is -0.328 e. The van der Waals surface area contributed by atoms with Crippen LogP contribution in [0.1, 0.15) is 11.1 Å². The molecule has 0 bridgehead atoms. The Balaban J connectivity index is 2.36. The molecule has 0 unspecified atom stereocenters. The van der Waals surface area contributed by atoms with E-state index >= 15 is 0 Å². The second-order valence-corrected chi connectivity index (χ2v) is 3.98. The van der Waals surface area contributed by atoms with E-state index in [1.54, 1.807) is 6.20 Å². The van der Waals surface area contributed by atoms with Gasteiger partial charge in [-0.05, 0) is 25.1 Å². The van der Waals surface area contributed by atoms with Gasteiger partial charge in [-0.25, -0.2) is 0 Å². The van der Waals surface area contributed by atoms with E-state index in [9.17, 15) is 0 Å². The fourth-order valence-corrected chi connectivity index (χ4v) is 1.68. The number of hydrogen-bond acceptors (Lipinski definition) is 4. The van der Waals surface area contributed by atoms with E-state index in [0.29, 0.717) is 6.54 Å². The molecular weight excluding hydrogens is 212 g/mol. The molecule has 0 aliphatic rings. The average Bonchev–Trinajstić information content (AvgIpc) is 2.39. The molecule has 4 heteroatoms. The molecule has 0 atom stereocenters. The first-order valence-electron chi connectivity index (χ1n) is 5.53. The van der Waals surface area contributed by atoms with Crippen molar-refractivity contribution in [1.29, 1.82) is 0 Å². The summed E-state index contributed by atoms with van der Waals surface area (Å²) < 4.78 is 0. The molecule has 1 aromatic heterocycles. The van der Waals surface area contributed by atoms with Crippen molar-refractivity contribution in [3.05, 3.63) is 47.7 Å². The number of rotatable bonds is 3. The van der Waals surface area contributed by atoms with Crippen molar-refractivity contribution >= 4 is 11.5 Å². The molecule has 0 fully saturated rings. The lowest BCUT2D eigenvalue weighted by molar-refractivity contribution is 0.934. The number of hydrogen-bond donors (Lipinski definition) is 1. The van der Waals surface area contributed by atoms with Gasteiger partial charge in [-0.3, -0.25) is 0 Å².